The van der Waals surface area contributed by atoms with Gasteiger partial charge >= 0.3 is 0 Å². The summed E-state index contributed by atoms with van der Waals surface area (Å²) in [6, 6.07) is 13.4. The number of carbonyl (C=O) groups excluding carboxylic acids is 1. The number of hydrogen-bond acceptors (Lipinski definition) is 4. The number of nitrogens with one attached hydrogen (secondary N) is 1. The molecule has 0 aromatic heterocycles. The molecule has 1 aliphatic rings. The largest absolute Gasteiger partial charge is 0.491 e. The third-order valence-corrected chi connectivity index (χ3v) is 5.60. The Kier molecular flexibility index (Phi) is 7.73. The number of para-hydroxylation sites is 1. The van der Waals surface area contributed by atoms with E-state index in [4.69, 9.17) is 16.3 Å². The molecule has 0 unspecified atom stereocenters. The smallest absolute Gasteiger partial charge is 0.238 e. The number of anilines is 1. The lowest BCUT2D eigenvalue weighted by Crippen LogP contribution is -2.49. The number of aryl methyl sites for hydroxylation is 1. The second kappa shape index (κ2) is 10.3. The maximum Gasteiger partial charge on any atom is 0.238 e. The molecule has 1 saturated heterocycles. The van der Waals surface area contributed by atoms with E-state index in [-0.39, 0.29) is 5.91 Å². The molecule has 0 atom stereocenters. The second-order valence-corrected chi connectivity index (χ2v) is 8.23. The van der Waals surface area contributed by atoms with E-state index in [0.717, 1.165) is 54.2 Å². The molecule has 0 spiro atoms. The number of hydrogen-bond donors (Lipinski definition) is 1. The normalized spacial score (nSPS) is 15.4. The molecule has 1 amide bonds. The van der Waals surface area contributed by atoms with Crippen LogP contribution in [0, 0.1) is 6.92 Å². The van der Waals surface area contributed by atoms with Gasteiger partial charge in [-0.25, -0.2) is 0 Å². The molecule has 28 heavy (non-hydrogen) atoms. The molecule has 1 heterocycles. The second-order valence-electron chi connectivity index (χ2n) is 6.90. The number of halogens is 2. The van der Waals surface area contributed by atoms with Gasteiger partial charge in [-0.15, -0.1) is 0 Å². The molecule has 1 fully saturated rings. The molecule has 2 aromatic rings. The van der Waals surface area contributed by atoms with Gasteiger partial charge in [0.15, 0.2) is 0 Å². The molecule has 2 aromatic carbocycles. The fraction of sp³-hybridized carbons (Fsp3) is 0.381. The summed E-state index contributed by atoms with van der Waals surface area (Å²) >= 11 is 9.54. The molecule has 5 nitrogen and oxygen atoms in total. The number of piperazine rings is 1. The molecule has 1 N–H and O–H groups in total. The van der Waals surface area contributed by atoms with Crippen molar-refractivity contribution in [2.24, 2.45) is 0 Å². The maximum atomic E-state index is 12.3. The maximum absolute atomic E-state index is 12.3. The van der Waals surface area contributed by atoms with E-state index in [1.165, 1.54) is 0 Å². The van der Waals surface area contributed by atoms with Crippen molar-refractivity contribution in [1.29, 1.82) is 0 Å². The summed E-state index contributed by atoms with van der Waals surface area (Å²) in [5.41, 5.74) is 1.91. The van der Waals surface area contributed by atoms with Gasteiger partial charge in [0.25, 0.3) is 0 Å². The van der Waals surface area contributed by atoms with Crippen LogP contribution in [0.4, 0.5) is 5.69 Å². The Morgan fingerprint density at radius 1 is 1.14 bits per heavy atom. The minimum atomic E-state index is 0.0286. The van der Waals surface area contributed by atoms with Gasteiger partial charge in [0.05, 0.1) is 11.6 Å². The summed E-state index contributed by atoms with van der Waals surface area (Å²) in [6.07, 6.45) is 0. The predicted molar refractivity (Wildman–Crippen MR) is 117 cm³/mol. The molecule has 3 rings (SSSR count). The van der Waals surface area contributed by atoms with Gasteiger partial charge in [-0.3, -0.25) is 14.6 Å². The molecule has 0 aliphatic carbocycles. The van der Waals surface area contributed by atoms with Crippen LogP contribution in [0.5, 0.6) is 5.75 Å². The van der Waals surface area contributed by atoms with E-state index >= 15 is 0 Å². The lowest BCUT2D eigenvalue weighted by Gasteiger charge is -2.34. The standard InChI is InChI=1S/C21H25BrClN3O2/c1-16-14-17(22)6-7-19(16)24-21(27)15-26-10-8-25(9-11-26)12-13-28-20-5-3-2-4-18(20)23/h2-7,14H,8-13,15H2,1H3,(H,24,27). The van der Waals surface area contributed by atoms with Gasteiger partial charge in [-0.1, -0.05) is 39.7 Å². The summed E-state index contributed by atoms with van der Waals surface area (Å²) in [5, 5.41) is 3.64. The zero-order valence-electron chi connectivity index (χ0n) is 16.0. The molecule has 7 heteroatoms. The third-order valence-electron chi connectivity index (χ3n) is 4.80. The quantitative estimate of drug-likeness (QED) is 0.669. The van der Waals surface area contributed by atoms with Crippen LogP contribution in [0.2, 0.25) is 5.02 Å². The summed E-state index contributed by atoms with van der Waals surface area (Å²) in [7, 11) is 0. The Morgan fingerprint density at radius 2 is 1.86 bits per heavy atom. The van der Waals surface area contributed by atoms with Crippen LogP contribution < -0.4 is 10.1 Å². The SMILES string of the molecule is Cc1cc(Br)ccc1NC(=O)CN1CCN(CCOc2ccccc2Cl)CC1. The lowest BCUT2D eigenvalue weighted by molar-refractivity contribution is -0.117. The van der Waals surface area contributed by atoms with Crippen LogP contribution in [0.1, 0.15) is 5.56 Å². The average Bonchev–Trinajstić information content (AvgIpc) is 2.67. The summed E-state index contributed by atoms with van der Waals surface area (Å²) in [6.45, 7) is 7.46. The van der Waals surface area contributed by atoms with E-state index in [2.05, 4.69) is 31.0 Å². The Hall–Kier alpha value is -1.60. The minimum Gasteiger partial charge on any atom is -0.491 e. The first kappa shape index (κ1) is 21.1. The van der Waals surface area contributed by atoms with Crippen molar-refractivity contribution in [3.63, 3.8) is 0 Å². The lowest BCUT2D eigenvalue weighted by atomic mass is 10.2. The van der Waals surface area contributed by atoms with Crippen LogP contribution in [-0.2, 0) is 4.79 Å². The molecular weight excluding hydrogens is 442 g/mol. The van der Waals surface area contributed by atoms with Crippen molar-refractivity contribution in [2.75, 3.05) is 51.2 Å². The first-order valence-electron chi connectivity index (χ1n) is 9.39. The van der Waals surface area contributed by atoms with E-state index in [1.54, 1.807) is 0 Å². The Labute approximate surface area is 179 Å². The van der Waals surface area contributed by atoms with Crippen LogP contribution in [0.3, 0.4) is 0 Å². The van der Waals surface area contributed by atoms with Gasteiger partial charge < -0.3 is 10.1 Å². The average molecular weight is 467 g/mol. The van der Waals surface area contributed by atoms with Crippen LogP contribution in [0.15, 0.2) is 46.9 Å². The third kappa shape index (κ3) is 6.21. The van der Waals surface area contributed by atoms with Crippen molar-refractivity contribution in [2.45, 2.75) is 6.92 Å². The molecule has 0 bridgehead atoms. The van der Waals surface area contributed by atoms with Gasteiger partial charge in [-0.05, 0) is 42.8 Å². The highest BCUT2D eigenvalue weighted by Crippen LogP contribution is 2.23. The number of ether oxygens (including phenoxy) is 1. The molecule has 150 valence electrons. The monoisotopic (exact) mass is 465 g/mol. The predicted octanol–water partition coefficient (Wildman–Crippen LogP) is 4.05. The Morgan fingerprint density at radius 3 is 2.57 bits per heavy atom. The first-order chi connectivity index (χ1) is 13.5. The van der Waals surface area contributed by atoms with E-state index in [1.807, 2.05) is 49.4 Å². The Bertz CT molecular complexity index is 810. The Balaban J connectivity index is 1.36. The summed E-state index contributed by atoms with van der Waals surface area (Å²) < 4.78 is 6.77. The summed E-state index contributed by atoms with van der Waals surface area (Å²) in [5.74, 6) is 0.753. The fourth-order valence-electron chi connectivity index (χ4n) is 3.18. The van der Waals surface area contributed by atoms with Crippen molar-refractivity contribution < 1.29 is 9.53 Å². The van der Waals surface area contributed by atoms with Crippen LogP contribution in [-0.4, -0.2) is 61.6 Å². The highest BCUT2D eigenvalue weighted by molar-refractivity contribution is 9.10. The van der Waals surface area contributed by atoms with Gasteiger partial charge in [-0.2, -0.15) is 0 Å². The fourth-order valence-corrected chi connectivity index (χ4v) is 3.84. The van der Waals surface area contributed by atoms with Gasteiger partial charge in [0.1, 0.15) is 12.4 Å². The number of carbonyl (C=O) groups is 1. The molecule has 0 saturated carbocycles. The van der Waals surface area contributed by atoms with Crippen LogP contribution in [0.25, 0.3) is 0 Å². The van der Waals surface area contributed by atoms with Crippen molar-refractivity contribution >= 4 is 39.1 Å². The van der Waals surface area contributed by atoms with Crippen molar-refractivity contribution in [1.82, 2.24) is 9.80 Å². The van der Waals surface area contributed by atoms with E-state index < -0.39 is 0 Å². The van der Waals surface area contributed by atoms with Gasteiger partial charge in [0, 0.05) is 42.9 Å². The molecule has 0 radical (unpaired) electrons. The number of rotatable bonds is 7. The number of amides is 1. The topological polar surface area (TPSA) is 44.8 Å². The van der Waals surface area contributed by atoms with Crippen LogP contribution >= 0.6 is 27.5 Å². The molecular formula is C21H25BrClN3O2. The van der Waals surface area contributed by atoms with E-state index in [9.17, 15) is 4.79 Å². The van der Waals surface area contributed by atoms with E-state index in [0.29, 0.717) is 18.2 Å². The highest BCUT2D eigenvalue weighted by atomic mass is 79.9. The van der Waals surface area contributed by atoms with Crippen molar-refractivity contribution in [3.05, 3.63) is 57.5 Å². The molecule has 1 aliphatic heterocycles. The first-order valence-corrected chi connectivity index (χ1v) is 10.6. The summed E-state index contributed by atoms with van der Waals surface area (Å²) in [4.78, 5) is 16.9. The zero-order chi connectivity index (χ0) is 19.9. The van der Waals surface area contributed by atoms with Crippen molar-refractivity contribution in [3.8, 4) is 5.75 Å². The highest BCUT2D eigenvalue weighted by Gasteiger charge is 2.19. The zero-order valence-corrected chi connectivity index (χ0v) is 18.3. The minimum absolute atomic E-state index is 0.0286. The number of benzene rings is 2. The number of nitrogens with zero attached hydrogens (tertiary/aromatic N) is 2. The van der Waals surface area contributed by atoms with Gasteiger partial charge in [0.2, 0.25) is 5.91 Å².